The van der Waals surface area contributed by atoms with Gasteiger partial charge in [0.25, 0.3) is 5.91 Å². The van der Waals surface area contributed by atoms with Gasteiger partial charge in [-0.15, -0.1) is 0 Å². The first kappa shape index (κ1) is 16.1. The van der Waals surface area contributed by atoms with Crippen LogP contribution in [-0.2, 0) is 9.53 Å². The van der Waals surface area contributed by atoms with Crippen molar-refractivity contribution in [1.82, 2.24) is 4.90 Å². The van der Waals surface area contributed by atoms with Crippen LogP contribution < -0.4 is 9.47 Å². The highest BCUT2D eigenvalue weighted by molar-refractivity contribution is 5.81. The van der Waals surface area contributed by atoms with Gasteiger partial charge in [0, 0.05) is 32.5 Å². The molecule has 1 amide bonds. The monoisotopic (exact) mass is 319 g/mol. The number of carbonyl (C=O) groups is 1. The molecule has 0 saturated carbocycles. The average Bonchev–Trinajstić information content (AvgIpc) is 3.11. The largest absolute Gasteiger partial charge is 0.490 e. The van der Waals surface area contributed by atoms with Gasteiger partial charge < -0.3 is 19.1 Å². The molecule has 1 aromatic carbocycles. The number of carbonyl (C=O) groups excluding carboxylic acids is 1. The molecule has 3 rings (SSSR count). The molecule has 2 aliphatic heterocycles. The number of rotatable bonds is 5. The molecule has 0 aromatic heterocycles. The van der Waals surface area contributed by atoms with Crippen molar-refractivity contribution in [3.05, 3.63) is 24.3 Å². The maximum Gasteiger partial charge on any atom is 0.251 e. The first-order valence-corrected chi connectivity index (χ1v) is 8.57. The van der Waals surface area contributed by atoms with Gasteiger partial charge in [0.15, 0.2) is 11.5 Å². The number of piperidine rings is 1. The van der Waals surface area contributed by atoms with E-state index in [2.05, 4.69) is 0 Å². The number of ether oxygens (including phenoxy) is 3. The molecule has 0 spiro atoms. The second-order valence-corrected chi connectivity index (χ2v) is 6.02. The quantitative estimate of drug-likeness (QED) is 0.837. The zero-order valence-corrected chi connectivity index (χ0v) is 13.7. The molecule has 2 saturated heterocycles. The number of nitrogens with zero attached hydrogens (tertiary/aromatic N) is 1. The number of likely N-dealkylation sites (tertiary alicyclic amines) is 1. The lowest BCUT2D eigenvalue weighted by molar-refractivity contribution is -0.142. The van der Waals surface area contributed by atoms with Crippen LogP contribution in [0.15, 0.2) is 24.3 Å². The van der Waals surface area contributed by atoms with Crippen LogP contribution in [0.1, 0.15) is 32.6 Å². The molecule has 2 fully saturated rings. The minimum Gasteiger partial charge on any atom is -0.490 e. The number of hydrogen-bond acceptors (Lipinski definition) is 4. The first-order chi connectivity index (χ1) is 11.3. The average molecular weight is 319 g/mol. The second kappa shape index (κ2) is 7.68. The summed E-state index contributed by atoms with van der Waals surface area (Å²) in [5, 5.41) is 0. The lowest BCUT2D eigenvalue weighted by Gasteiger charge is -2.33. The zero-order valence-electron chi connectivity index (χ0n) is 13.7. The van der Waals surface area contributed by atoms with Crippen LogP contribution in [0.2, 0.25) is 0 Å². The van der Waals surface area contributed by atoms with Crippen molar-refractivity contribution >= 4 is 5.91 Å². The summed E-state index contributed by atoms with van der Waals surface area (Å²) < 4.78 is 17.2. The number of benzene rings is 1. The Kier molecular flexibility index (Phi) is 5.39. The van der Waals surface area contributed by atoms with Crippen molar-refractivity contribution < 1.29 is 19.0 Å². The Bertz CT molecular complexity index is 520. The van der Waals surface area contributed by atoms with Gasteiger partial charge in [-0.2, -0.15) is 0 Å². The van der Waals surface area contributed by atoms with Gasteiger partial charge in [-0.1, -0.05) is 12.1 Å². The zero-order chi connectivity index (χ0) is 16.1. The van der Waals surface area contributed by atoms with Crippen molar-refractivity contribution in [2.24, 2.45) is 0 Å². The van der Waals surface area contributed by atoms with Crippen molar-refractivity contribution in [1.29, 1.82) is 0 Å². The van der Waals surface area contributed by atoms with E-state index < -0.39 is 0 Å². The smallest absolute Gasteiger partial charge is 0.251 e. The van der Waals surface area contributed by atoms with E-state index in [1.165, 1.54) is 0 Å². The molecular weight excluding hydrogens is 294 g/mol. The van der Waals surface area contributed by atoms with Crippen LogP contribution in [0.25, 0.3) is 0 Å². The van der Waals surface area contributed by atoms with E-state index >= 15 is 0 Å². The third kappa shape index (κ3) is 3.96. The van der Waals surface area contributed by atoms with Crippen molar-refractivity contribution in [2.45, 2.75) is 44.8 Å². The molecule has 23 heavy (non-hydrogen) atoms. The summed E-state index contributed by atoms with van der Waals surface area (Å²) in [4.78, 5) is 14.3. The minimum atomic E-state index is -0.217. The van der Waals surface area contributed by atoms with Gasteiger partial charge in [0.1, 0.15) is 12.2 Å². The molecule has 1 unspecified atom stereocenters. The van der Waals surface area contributed by atoms with E-state index in [0.717, 1.165) is 50.3 Å². The van der Waals surface area contributed by atoms with Crippen LogP contribution >= 0.6 is 0 Å². The minimum absolute atomic E-state index is 0.130. The summed E-state index contributed by atoms with van der Waals surface area (Å²) in [7, 11) is 0. The Morgan fingerprint density at radius 2 is 1.96 bits per heavy atom. The molecule has 1 atom stereocenters. The predicted molar refractivity (Wildman–Crippen MR) is 86.8 cm³/mol. The van der Waals surface area contributed by atoms with Gasteiger partial charge in [-0.25, -0.2) is 0 Å². The summed E-state index contributed by atoms with van der Waals surface area (Å²) in [6.45, 7) is 4.77. The fourth-order valence-electron chi connectivity index (χ4n) is 3.17. The van der Waals surface area contributed by atoms with E-state index in [1.54, 1.807) is 0 Å². The van der Waals surface area contributed by atoms with E-state index in [0.29, 0.717) is 13.2 Å². The summed E-state index contributed by atoms with van der Waals surface area (Å²) in [6, 6.07) is 7.76. The fourth-order valence-corrected chi connectivity index (χ4v) is 3.17. The summed E-state index contributed by atoms with van der Waals surface area (Å²) >= 11 is 0. The molecule has 0 N–H and O–H groups in total. The normalized spacial score (nSPS) is 22.1. The lowest BCUT2D eigenvalue weighted by Crippen LogP contribution is -2.45. The van der Waals surface area contributed by atoms with Crippen molar-refractivity contribution in [3.63, 3.8) is 0 Å². The highest BCUT2D eigenvalue weighted by Gasteiger charge is 2.31. The highest BCUT2D eigenvalue weighted by Crippen LogP contribution is 2.29. The van der Waals surface area contributed by atoms with Crippen molar-refractivity contribution in [3.8, 4) is 11.5 Å². The summed E-state index contributed by atoms with van der Waals surface area (Å²) in [5.41, 5.74) is 0. The molecule has 0 bridgehead atoms. The van der Waals surface area contributed by atoms with E-state index in [1.807, 2.05) is 36.1 Å². The Labute approximate surface area is 137 Å². The second-order valence-electron chi connectivity index (χ2n) is 6.02. The number of amides is 1. The number of hydrogen-bond donors (Lipinski definition) is 0. The Balaban J connectivity index is 1.52. The van der Waals surface area contributed by atoms with Crippen LogP contribution in [0.5, 0.6) is 11.5 Å². The summed E-state index contributed by atoms with van der Waals surface area (Å²) in [6.07, 6.45) is 3.45. The maximum absolute atomic E-state index is 12.3. The molecule has 126 valence electrons. The molecule has 2 aliphatic rings. The molecule has 0 aliphatic carbocycles. The Hall–Kier alpha value is -1.75. The first-order valence-electron chi connectivity index (χ1n) is 8.57. The van der Waals surface area contributed by atoms with Crippen LogP contribution in [0.3, 0.4) is 0 Å². The predicted octanol–water partition coefficient (Wildman–Crippen LogP) is 2.63. The molecule has 1 aromatic rings. The summed E-state index contributed by atoms with van der Waals surface area (Å²) in [5.74, 6) is 1.72. The Morgan fingerprint density at radius 3 is 2.61 bits per heavy atom. The fraction of sp³-hybridized carbons (Fsp3) is 0.611. The van der Waals surface area contributed by atoms with Gasteiger partial charge in [-0.3, -0.25) is 4.79 Å². The topological polar surface area (TPSA) is 48.0 Å². The standard InChI is InChI=1S/C18H25NO4/c1-2-21-15-6-3-4-7-16(15)23-14-9-11-19(12-10-14)18(20)17-8-5-13-22-17/h3-4,6-7,14,17H,2,5,8-13H2,1H3. The molecule has 2 heterocycles. The molecule has 0 radical (unpaired) electrons. The SMILES string of the molecule is CCOc1ccccc1OC1CCN(C(=O)C2CCCO2)CC1. The van der Waals surface area contributed by atoms with Crippen LogP contribution in [0.4, 0.5) is 0 Å². The third-order valence-electron chi connectivity index (χ3n) is 4.40. The van der Waals surface area contributed by atoms with Crippen molar-refractivity contribution in [2.75, 3.05) is 26.3 Å². The molecule has 5 nitrogen and oxygen atoms in total. The van der Waals surface area contributed by atoms with E-state index in [9.17, 15) is 4.79 Å². The van der Waals surface area contributed by atoms with Gasteiger partial charge in [0.2, 0.25) is 0 Å². The van der Waals surface area contributed by atoms with Crippen LogP contribution in [-0.4, -0.2) is 49.3 Å². The van der Waals surface area contributed by atoms with E-state index in [4.69, 9.17) is 14.2 Å². The van der Waals surface area contributed by atoms with Crippen LogP contribution in [0, 0.1) is 0 Å². The Morgan fingerprint density at radius 1 is 1.22 bits per heavy atom. The molecule has 5 heteroatoms. The van der Waals surface area contributed by atoms with Gasteiger partial charge in [-0.05, 0) is 31.9 Å². The highest BCUT2D eigenvalue weighted by atomic mass is 16.5. The number of para-hydroxylation sites is 2. The maximum atomic E-state index is 12.3. The third-order valence-corrected chi connectivity index (χ3v) is 4.40. The van der Waals surface area contributed by atoms with Gasteiger partial charge >= 0.3 is 0 Å². The molecular formula is C18H25NO4. The van der Waals surface area contributed by atoms with Gasteiger partial charge in [0.05, 0.1) is 6.61 Å². The van der Waals surface area contributed by atoms with E-state index in [-0.39, 0.29) is 18.1 Å². The lowest BCUT2D eigenvalue weighted by atomic mass is 10.1.